The summed E-state index contributed by atoms with van der Waals surface area (Å²) in [4.78, 5) is 13.1. The molecule has 1 aliphatic heterocycles. The van der Waals surface area contributed by atoms with Crippen molar-refractivity contribution in [2.45, 2.75) is 6.92 Å². The third-order valence-corrected chi connectivity index (χ3v) is 2.52. The fraction of sp³-hybridized carbons (Fsp3) is 0.300. The number of fused-ring (bicyclic) bond motifs is 1. The second-order valence-electron chi connectivity index (χ2n) is 3.26. The highest BCUT2D eigenvalue weighted by atomic mass is 35.5. The van der Waals surface area contributed by atoms with Gasteiger partial charge >= 0.3 is 0 Å². The van der Waals surface area contributed by atoms with E-state index in [0.29, 0.717) is 11.6 Å². The predicted octanol–water partition coefficient (Wildman–Crippen LogP) is 2.12. The van der Waals surface area contributed by atoms with Crippen LogP contribution < -0.4 is 10.2 Å². The summed E-state index contributed by atoms with van der Waals surface area (Å²) < 4.78 is 0. The summed E-state index contributed by atoms with van der Waals surface area (Å²) >= 11 is 5.88. The first-order valence-electron chi connectivity index (χ1n) is 4.50. The van der Waals surface area contributed by atoms with Crippen LogP contribution in [-0.4, -0.2) is 19.0 Å². The Morgan fingerprint density at radius 3 is 3.07 bits per heavy atom. The van der Waals surface area contributed by atoms with Crippen LogP contribution in [0.4, 0.5) is 11.4 Å². The number of halogens is 1. The number of rotatable bonds is 0. The summed E-state index contributed by atoms with van der Waals surface area (Å²) in [5, 5.41) is 3.87. The minimum absolute atomic E-state index is 0.0509. The number of carbonyl (C=O) groups excluding carboxylic acids is 1. The lowest BCUT2D eigenvalue weighted by molar-refractivity contribution is -0.116. The molecule has 1 N–H and O–H groups in total. The first-order chi connectivity index (χ1) is 6.68. The zero-order valence-corrected chi connectivity index (χ0v) is 8.64. The Morgan fingerprint density at radius 2 is 2.36 bits per heavy atom. The van der Waals surface area contributed by atoms with Gasteiger partial charge < -0.3 is 10.2 Å². The Bertz CT molecular complexity index is 378. The third-order valence-electron chi connectivity index (χ3n) is 2.28. The van der Waals surface area contributed by atoms with Crippen molar-refractivity contribution in [1.29, 1.82) is 0 Å². The minimum atomic E-state index is 0.0509. The summed E-state index contributed by atoms with van der Waals surface area (Å²) in [5.74, 6) is 0.0509. The molecule has 2 rings (SSSR count). The Kier molecular flexibility index (Phi) is 2.33. The maximum absolute atomic E-state index is 11.3. The van der Waals surface area contributed by atoms with E-state index in [2.05, 4.69) is 5.32 Å². The zero-order valence-electron chi connectivity index (χ0n) is 7.88. The van der Waals surface area contributed by atoms with E-state index in [1.54, 1.807) is 11.8 Å². The minimum Gasteiger partial charge on any atom is -0.382 e. The lowest BCUT2D eigenvalue weighted by Crippen LogP contribution is -2.37. The molecule has 1 aromatic rings. The standard InChI is InChI=1S/C10H11ClN2O/c1-7(14)13-5-4-12-9-3-2-8(11)6-10(9)13/h2-3,6,12H,4-5H2,1H3. The van der Waals surface area contributed by atoms with Crippen LogP contribution in [0, 0.1) is 0 Å². The number of hydrogen-bond acceptors (Lipinski definition) is 2. The van der Waals surface area contributed by atoms with Gasteiger partial charge in [0.15, 0.2) is 0 Å². The summed E-state index contributed by atoms with van der Waals surface area (Å²) in [7, 11) is 0. The molecule has 3 nitrogen and oxygen atoms in total. The van der Waals surface area contributed by atoms with Crippen LogP contribution in [-0.2, 0) is 4.79 Å². The van der Waals surface area contributed by atoms with E-state index in [-0.39, 0.29) is 5.91 Å². The van der Waals surface area contributed by atoms with Crippen LogP contribution >= 0.6 is 11.6 Å². The van der Waals surface area contributed by atoms with Crippen molar-refractivity contribution in [3.05, 3.63) is 23.2 Å². The van der Waals surface area contributed by atoms with E-state index in [4.69, 9.17) is 11.6 Å². The van der Waals surface area contributed by atoms with Crippen LogP contribution in [0.1, 0.15) is 6.92 Å². The van der Waals surface area contributed by atoms with E-state index < -0.39 is 0 Å². The molecule has 0 spiro atoms. The molecule has 0 radical (unpaired) electrons. The topological polar surface area (TPSA) is 32.3 Å². The zero-order chi connectivity index (χ0) is 10.1. The molecule has 0 bridgehead atoms. The molecule has 0 unspecified atom stereocenters. The molecule has 0 saturated heterocycles. The molecule has 74 valence electrons. The van der Waals surface area contributed by atoms with E-state index in [9.17, 15) is 4.79 Å². The number of anilines is 2. The number of amides is 1. The molecule has 0 aromatic heterocycles. The fourth-order valence-corrected chi connectivity index (χ4v) is 1.79. The highest BCUT2D eigenvalue weighted by Gasteiger charge is 2.19. The van der Waals surface area contributed by atoms with Gasteiger partial charge in [-0.1, -0.05) is 11.6 Å². The summed E-state index contributed by atoms with van der Waals surface area (Å²) in [6, 6.07) is 5.52. The lowest BCUT2D eigenvalue weighted by Gasteiger charge is -2.29. The molecule has 4 heteroatoms. The van der Waals surface area contributed by atoms with Crippen LogP contribution in [0.5, 0.6) is 0 Å². The normalized spacial score (nSPS) is 14.6. The van der Waals surface area contributed by atoms with Gasteiger partial charge in [-0.25, -0.2) is 0 Å². The highest BCUT2D eigenvalue weighted by Crippen LogP contribution is 2.31. The Morgan fingerprint density at radius 1 is 1.57 bits per heavy atom. The second kappa shape index (κ2) is 3.50. The lowest BCUT2D eigenvalue weighted by atomic mass is 10.2. The monoisotopic (exact) mass is 210 g/mol. The highest BCUT2D eigenvalue weighted by molar-refractivity contribution is 6.31. The van der Waals surface area contributed by atoms with Crippen LogP contribution in [0.15, 0.2) is 18.2 Å². The van der Waals surface area contributed by atoms with Crippen molar-refractivity contribution in [3.63, 3.8) is 0 Å². The predicted molar refractivity (Wildman–Crippen MR) is 58.0 cm³/mol. The summed E-state index contributed by atoms with van der Waals surface area (Å²) in [6.45, 7) is 3.05. The average Bonchev–Trinajstić information content (AvgIpc) is 2.16. The van der Waals surface area contributed by atoms with Gasteiger partial charge in [-0.3, -0.25) is 4.79 Å². The van der Waals surface area contributed by atoms with E-state index in [1.165, 1.54) is 0 Å². The molecule has 14 heavy (non-hydrogen) atoms. The van der Waals surface area contributed by atoms with E-state index in [0.717, 1.165) is 17.9 Å². The molecule has 1 aromatic carbocycles. The van der Waals surface area contributed by atoms with Gasteiger partial charge in [-0.05, 0) is 18.2 Å². The molecule has 0 aliphatic carbocycles. The summed E-state index contributed by atoms with van der Waals surface area (Å²) in [5.41, 5.74) is 1.84. The van der Waals surface area contributed by atoms with Crippen molar-refractivity contribution in [2.75, 3.05) is 23.3 Å². The number of benzene rings is 1. The van der Waals surface area contributed by atoms with Crippen molar-refractivity contribution >= 4 is 28.9 Å². The van der Waals surface area contributed by atoms with Crippen LogP contribution in [0.3, 0.4) is 0 Å². The van der Waals surface area contributed by atoms with Gasteiger partial charge in [0.05, 0.1) is 11.4 Å². The number of hydrogen-bond donors (Lipinski definition) is 1. The van der Waals surface area contributed by atoms with Gasteiger partial charge in [0.1, 0.15) is 0 Å². The van der Waals surface area contributed by atoms with Gasteiger partial charge in [0.2, 0.25) is 5.91 Å². The molecular weight excluding hydrogens is 200 g/mol. The fourth-order valence-electron chi connectivity index (χ4n) is 1.63. The number of carbonyl (C=O) groups is 1. The SMILES string of the molecule is CC(=O)N1CCNc2ccc(Cl)cc21. The maximum Gasteiger partial charge on any atom is 0.223 e. The van der Waals surface area contributed by atoms with Gasteiger partial charge in [-0.2, -0.15) is 0 Å². The van der Waals surface area contributed by atoms with E-state index >= 15 is 0 Å². The van der Waals surface area contributed by atoms with Crippen LogP contribution in [0.2, 0.25) is 5.02 Å². The second-order valence-corrected chi connectivity index (χ2v) is 3.70. The first kappa shape index (κ1) is 9.34. The molecule has 0 fully saturated rings. The molecule has 1 heterocycles. The Hall–Kier alpha value is -1.22. The molecule has 0 saturated carbocycles. The number of nitrogens with zero attached hydrogens (tertiary/aromatic N) is 1. The largest absolute Gasteiger partial charge is 0.382 e. The molecule has 0 atom stereocenters. The molecular formula is C10H11ClN2O. The Balaban J connectivity index is 2.46. The quantitative estimate of drug-likeness (QED) is 0.712. The van der Waals surface area contributed by atoms with Crippen LogP contribution in [0.25, 0.3) is 0 Å². The van der Waals surface area contributed by atoms with Crippen molar-refractivity contribution < 1.29 is 4.79 Å². The Labute approximate surface area is 87.7 Å². The summed E-state index contributed by atoms with van der Waals surface area (Å²) in [6.07, 6.45) is 0. The first-order valence-corrected chi connectivity index (χ1v) is 4.88. The maximum atomic E-state index is 11.3. The molecule has 1 aliphatic rings. The average molecular weight is 211 g/mol. The third kappa shape index (κ3) is 1.55. The smallest absolute Gasteiger partial charge is 0.223 e. The van der Waals surface area contributed by atoms with E-state index in [1.807, 2.05) is 18.2 Å². The van der Waals surface area contributed by atoms with Gasteiger partial charge in [-0.15, -0.1) is 0 Å². The van der Waals surface area contributed by atoms with Gasteiger partial charge in [0.25, 0.3) is 0 Å². The van der Waals surface area contributed by atoms with Gasteiger partial charge in [0, 0.05) is 25.0 Å². The van der Waals surface area contributed by atoms with Crippen molar-refractivity contribution in [3.8, 4) is 0 Å². The van der Waals surface area contributed by atoms with Crippen molar-refractivity contribution in [1.82, 2.24) is 0 Å². The van der Waals surface area contributed by atoms with Crippen molar-refractivity contribution in [2.24, 2.45) is 0 Å². The number of nitrogens with one attached hydrogen (secondary N) is 1. The molecule has 1 amide bonds.